The molecule has 2 atom stereocenters. The number of halogens is 1. The number of thiophene rings is 1. The highest BCUT2D eigenvalue weighted by Gasteiger charge is 2.34. The van der Waals surface area contributed by atoms with E-state index in [1.54, 1.807) is 40.5 Å². The van der Waals surface area contributed by atoms with Crippen LogP contribution in [0.5, 0.6) is 5.75 Å². The summed E-state index contributed by atoms with van der Waals surface area (Å²) in [7, 11) is 0. The Kier molecular flexibility index (Phi) is 8.90. The molecule has 1 fully saturated rings. The molecule has 206 valence electrons. The van der Waals surface area contributed by atoms with Crippen LogP contribution in [0.2, 0.25) is 5.02 Å². The average molecular weight is 567 g/mol. The van der Waals surface area contributed by atoms with Gasteiger partial charge in [0.25, 0.3) is 5.91 Å². The fraction of sp³-hybridized carbons (Fsp3) is 0.419. The molecule has 0 bridgehead atoms. The van der Waals surface area contributed by atoms with E-state index in [4.69, 9.17) is 21.1 Å². The Hall–Kier alpha value is -2.87. The summed E-state index contributed by atoms with van der Waals surface area (Å²) in [6.45, 7) is 6.26. The first-order valence-corrected chi connectivity index (χ1v) is 14.9. The van der Waals surface area contributed by atoms with Gasteiger partial charge in [-0.3, -0.25) is 9.59 Å². The van der Waals surface area contributed by atoms with Crippen LogP contribution in [0.3, 0.4) is 0 Å². The van der Waals surface area contributed by atoms with Crippen LogP contribution in [0.1, 0.15) is 65.0 Å². The standard InChI is InChI=1S/C31H35ClN2O4S/c1-21(2)22-9-11-23(12-10-22)38-20-28-26-14-17-39-29(26)13-15-34(28)30(35)19-33(18-24-6-5-16-37-24)31(36)25-7-3-4-8-27(25)32/h3-4,7-12,14,17,21,24,28H,5-6,13,15-16,18-20H2,1-2H3. The predicted molar refractivity (Wildman–Crippen MR) is 155 cm³/mol. The maximum Gasteiger partial charge on any atom is 0.255 e. The normalized spacial score (nSPS) is 18.7. The van der Waals surface area contributed by atoms with Gasteiger partial charge < -0.3 is 19.3 Å². The summed E-state index contributed by atoms with van der Waals surface area (Å²) in [5.41, 5.74) is 2.78. The zero-order valence-electron chi connectivity index (χ0n) is 22.5. The molecule has 2 amide bonds. The molecule has 2 aliphatic heterocycles. The summed E-state index contributed by atoms with van der Waals surface area (Å²) < 4.78 is 12.0. The van der Waals surface area contributed by atoms with Gasteiger partial charge in [-0.1, -0.05) is 49.7 Å². The molecule has 0 radical (unpaired) electrons. The van der Waals surface area contributed by atoms with E-state index in [0.29, 0.717) is 42.8 Å². The van der Waals surface area contributed by atoms with Gasteiger partial charge in [-0.05, 0) is 72.0 Å². The Morgan fingerprint density at radius 3 is 2.67 bits per heavy atom. The van der Waals surface area contributed by atoms with E-state index >= 15 is 0 Å². The number of carbonyl (C=O) groups is 2. The van der Waals surface area contributed by atoms with Crippen molar-refractivity contribution in [3.05, 3.63) is 86.6 Å². The number of carbonyl (C=O) groups excluding carboxylic acids is 2. The molecule has 6 nitrogen and oxygen atoms in total. The molecular weight excluding hydrogens is 532 g/mol. The van der Waals surface area contributed by atoms with E-state index in [0.717, 1.165) is 30.6 Å². The second-order valence-corrected chi connectivity index (χ2v) is 11.9. The van der Waals surface area contributed by atoms with Gasteiger partial charge in [-0.2, -0.15) is 0 Å². The Balaban J connectivity index is 1.34. The molecule has 5 rings (SSSR count). The molecule has 2 unspecified atom stereocenters. The van der Waals surface area contributed by atoms with Gasteiger partial charge in [0.15, 0.2) is 0 Å². The minimum absolute atomic E-state index is 0.0387. The molecule has 1 aromatic heterocycles. The monoisotopic (exact) mass is 566 g/mol. The van der Waals surface area contributed by atoms with Crippen LogP contribution in [0.15, 0.2) is 60.0 Å². The lowest BCUT2D eigenvalue weighted by molar-refractivity contribution is -0.135. The maximum atomic E-state index is 13.9. The van der Waals surface area contributed by atoms with E-state index < -0.39 is 0 Å². The Morgan fingerprint density at radius 1 is 1.15 bits per heavy atom. The van der Waals surface area contributed by atoms with E-state index in [1.807, 2.05) is 17.0 Å². The van der Waals surface area contributed by atoms with Crippen molar-refractivity contribution in [3.63, 3.8) is 0 Å². The molecule has 3 heterocycles. The SMILES string of the molecule is CC(C)c1ccc(OCC2c3ccsc3CCN2C(=O)CN(CC2CCCO2)C(=O)c2ccccc2Cl)cc1. The largest absolute Gasteiger partial charge is 0.491 e. The lowest BCUT2D eigenvalue weighted by Crippen LogP contribution is -2.49. The quantitative estimate of drug-likeness (QED) is 0.303. The zero-order valence-corrected chi connectivity index (χ0v) is 24.0. The number of hydrogen-bond donors (Lipinski definition) is 0. The Labute approximate surface area is 239 Å². The van der Waals surface area contributed by atoms with Crippen molar-refractivity contribution in [2.45, 2.75) is 51.2 Å². The minimum atomic E-state index is -0.254. The number of amides is 2. The van der Waals surface area contributed by atoms with Crippen LogP contribution in [-0.4, -0.2) is 60.6 Å². The van der Waals surface area contributed by atoms with Crippen LogP contribution in [0.25, 0.3) is 0 Å². The van der Waals surface area contributed by atoms with E-state index in [9.17, 15) is 9.59 Å². The molecule has 1 saturated heterocycles. The summed E-state index contributed by atoms with van der Waals surface area (Å²) in [5.74, 6) is 0.873. The Morgan fingerprint density at radius 2 is 1.95 bits per heavy atom. The minimum Gasteiger partial charge on any atom is -0.491 e. The number of ether oxygens (including phenoxy) is 2. The van der Waals surface area contributed by atoms with Crippen LogP contribution in [0, 0.1) is 0 Å². The molecule has 2 aromatic carbocycles. The molecule has 2 aliphatic rings. The summed E-state index contributed by atoms with van der Waals surface area (Å²) in [5, 5.41) is 2.45. The third-order valence-electron chi connectivity index (χ3n) is 7.54. The van der Waals surface area contributed by atoms with Crippen molar-refractivity contribution in [3.8, 4) is 5.75 Å². The molecule has 0 saturated carbocycles. The first kappa shape index (κ1) is 27.7. The van der Waals surface area contributed by atoms with Crippen molar-refractivity contribution < 1.29 is 19.1 Å². The van der Waals surface area contributed by atoms with Crippen LogP contribution >= 0.6 is 22.9 Å². The first-order valence-electron chi connectivity index (χ1n) is 13.6. The maximum absolute atomic E-state index is 13.9. The first-order chi connectivity index (χ1) is 18.9. The van der Waals surface area contributed by atoms with Crippen LogP contribution < -0.4 is 4.74 Å². The van der Waals surface area contributed by atoms with Crippen LogP contribution in [-0.2, 0) is 16.0 Å². The van der Waals surface area contributed by atoms with Crippen LogP contribution in [0.4, 0.5) is 0 Å². The number of fused-ring (bicyclic) bond motifs is 1. The second-order valence-electron chi connectivity index (χ2n) is 10.5. The molecule has 0 spiro atoms. The fourth-order valence-electron chi connectivity index (χ4n) is 5.31. The number of hydrogen-bond acceptors (Lipinski definition) is 5. The van der Waals surface area contributed by atoms with E-state index in [-0.39, 0.29) is 30.5 Å². The third-order valence-corrected chi connectivity index (χ3v) is 8.86. The van der Waals surface area contributed by atoms with Gasteiger partial charge >= 0.3 is 0 Å². The molecule has 39 heavy (non-hydrogen) atoms. The summed E-state index contributed by atoms with van der Waals surface area (Å²) >= 11 is 8.09. The van der Waals surface area contributed by atoms with Gasteiger partial charge in [0.05, 0.1) is 22.7 Å². The highest BCUT2D eigenvalue weighted by Crippen LogP contribution is 2.34. The van der Waals surface area contributed by atoms with Crippen molar-refractivity contribution in [1.82, 2.24) is 9.80 Å². The van der Waals surface area contributed by atoms with Gasteiger partial charge in [0.1, 0.15) is 18.9 Å². The number of nitrogens with zero attached hydrogens (tertiary/aromatic N) is 2. The van der Waals surface area contributed by atoms with Crippen molar-refractivity contribution >= 4 is 34.8 Å². The lowest BCUT2D eigenvalue weighted by atomic mass is 10.00. The smallest absolute Gasteiger partial charge is 0.255 e. The molecule has 0 aliphatic carbocycles. The fourth-order valence-corrected chi connectivity index (χ4v) is 6.46. The highest BCUT2D eigenvalue weighted by atomic mass is 35.5. The summed E-state index contributed by atoms with van der Waals surface area (Å²) in [4.78, 5) is 32.2. The van der Waals surface area contributed by atoms with Crippen molar-refractivity contribution in [2.75, 3.05) is 32.8 Å². The predicted octanol–water partition coefficient (Wildman–Crippen LogP) is 6.35. The van der Waals surface area contributed by atoms with Gasteiger partial charge in [0.2, 0.25) is 5.91 Å². The average Bonchev–Trinajstić information content (AvgIpc) is 3.64. The van der Waals surface area contributed by atoms with E-state index in [1.165, 1.54) is 10.4 Å². The third kappa shape index (κ3) is 6.48. The van der Waals surface area contributed by atoms with Crippen molar-refractivity contribution in [2.24, 2.45) is 0 Å². The molecule has 8 heteroatoms. The lowest BCUT2D eigenvalue weighted by Gasteiger charge is -2.37. The summed E-state index contributed by atoms with van der Waals surface area (Å²) in [6.07, 6.45) is 2.54. The van der Waals surface area contributed by atoms with Gasteiger partial charge in [-0.25, -0.2) is 0 Å². The van der Waals surface area contributed by atoms with Gasteiger partial charge in [0, 0.05) is 24.6 Å². The number of benzene rings is 2. The second kappa shape index (κ2) is 12.5. The van der Waals surface area contributed by atoms with E-state index in [2.05, 4.69) is 37.4 Å². The topological polar surface area (TPSA) is 59.1 Å². The van der Waals surface area contributed by atoms with Gasteiger partial charge in [-0.15, -0.1) is 11.3 Å². The Bertz CT molecular complexity index is 1290. The zero-order chi connectivity index (χ0) is 27.4. The summed E-state index contributed by atoms with van der Waals surface area (Å²) in [6, 6.07) is 17.0. The number of rotatable bonds is 9. The highest BCUT2D eigenvalue weighted by molar-refractivity contribution is 7.10. The molecular formula is C31H35ClN2O4S. The molecule has 0 N–H and O–H groups in total. The van der Waals surface area contributed by atoms with Crippen molar-refractivity contribution in [1.29, 1.82) is 0 Å². The molecule has 3 aromatic rings.